The molecule has 0 aromatic heterocycles. The van der Waals surface area contributed by atoms with Crippen molar-refractivity contribution in [2.45, 2.75) is 31.8 Å². The highest BCUT2D eigenvalue weighted by Crippen LogP contribution is 2.23. The summed E-state index contributed by atoms with van der Waals surface area (Å²) in [5, 5.41) is 17.7. The molecule has 10 heavy (non-hydrogen) atoms. The molecule has 0 saturated heterocycles. The number of aliphatic carboxylic acids is 1. The van der Waals surface area contributed by atoms with E-state index in [1.807, 2.05) is 0 Å². The molecule has 0 spiro atoms. The molecule has 0 aromatic rings. The molecule has 2 atom stereocenters. The van der Waals surface area contributed by atoms with Crippen LogP contribution in [0.15, 0.2) is 0 Å². The van der Waals surface area contributed by atoms with Crippen molar-refractivity contribution in [1.82, 2.24) is 0 Å². The minimum absolute atomic E-state index is 0.506. The molecule has 1 rings (SSSR count). The van der Waals surface area contributed by atoms with E-state index < -0.39 is 18.0 Å². The average Bonchev–Trinajstić information content (AvgIpc) is 1.88. The first-order chi connectivity index (χ1) is 4.72. The second-order valence-electron chi connectivity index (χ2n) is 2.80. The Hall–Kier alpha value is -0.570. The highest BCUT2D eigenvalue weighted by molar-refractivity contribution is 5.70. The summed E-state index contributed by atoms with van der Waals surface area (Å²) in [5.41, 5.74) is 0. The molecule has 0 heterocycles. The van der Waals surface area contributed by atoms with Crippen LogP contribution in [0, 0.1) is 5.92 Å². The van der Waals surface area contributed by atoms with E-state index in [4.69, 9.17) is 10.2 Å². The number of aliphatic hydroxyl groups excluding tert-OH is 1. The van der Waals surface area contributed by atoms with Crippen LogP contribution in [0.5, 0.6) is 0 Å². The van der Waals surface area contributed by atoms with Crippen LogP contribution in [-0.4, -0.2) is 22.3 Å². The summed E-state index contributed by atoms with van der Waals surface area (Å²) in [6, 6.07) is 0. The maximum Gasteiger partial charge on any atom is 0.309 e. The van der Waals surface area contributed by atoms with Crippen LogP contribution < -0.4 is 0 Å². The minimum atomic E-state index is -0.854. The van der Waals surface area contributed by atoms with E-state index >= 15 is 0 Å². The van der Waals surface area contributed by atoms with Crippen LogP contribution in [0.4, 0.5) is 0 Å². The zero-order valence-electron chi connectivity index (χ0n) is 5.79. The zero-order chi connectivity index (χ0) is 7.56. The van der Waals surface area contributed by atoms with Crippen LogP contribution in [-0.2, 0) is 4.79 Å². The second kappa shape index (κ2) is 3.01. The molecule has 3 heteroatoms. The van der Waals surface area contributed by atoms with Crippen LogP contribution >= 0.6 is 0 Å². The third kappa shape index (κ3) is 1.48. The summed E-state index contributed by atoms with van der Waals surface area (Å²) in [5.74, 6) is -1.36. The summed E-state index contributed by atoms with van der Waals surface area (Å²) in [6.07, 6.45) is 2.58. The summed E-state index contributed by atoms with van der Waals surface area (Å²) in [6.45, 7) is 0. The number of carboxylic acid groups (broad SMARTS) is 1. The molecule has 0 aliphatic heterocycles. The molecule has 58 valence electrons. The maximum atomic E-state index is 10.4. The van der Waals surface area contributed by atoms with Gasteiger partial charge in [-0.15, -0.1) is 0 Å². The van der Waals surface area contributed by atoms with Crippen LogP contribution in [0.3, 0.4) is 0 Å². The number of carbonyl (C=O) groups is 1. The topological polar surface area (TPSA) is 57.5 Å². The Kier molecular flexibility index (Phi) is 2.27. The van der Waals surface area contributed by atoms with Gasteiger partial charge >= 0.3 is 5.97 Å². The van der Waals surface area contributed by atoms with E-state index in [1.165, 1.54) is 0 Å². The van der Waals surface area contributed by atoms with Crippen LogP contribution in [0.2, 0.25) is 0 Å². The average molecular weight is 144 g/mol. The molecule has 0 amide bonds. The Labute approximate surface area is 59.7 Å². The fraction of sp³-hybridized carbons (Fsp3) is 0.857. The van der Waals surface area contributed by atoms with Gasteiger partial charge < -0.3 is 10.2 Å². The first-order valence-corrected chi connectivity index (χ1v) is 3.62. The molecule has 2 N–H and O–H groups in total. The minimum Gasteiger partial charge on any atom is -0.481 e. The lowest BCUT2D eigenvalue weighted by molar-refractivity contribution is -0.147. The van der Waals surface area contributed by atoms with E-state index in [1.54, 1.807) is 0 Å². The van der Waals surface area contributed by atoms with Gasteiger partial charge in [0.05, 0.1) is 12.0 Å². The molecule has 1 unspecified atom stereocenters. The van der Waals surface area contributed by atoms with Gasteiger partial charge in [0.1, 0.15) is 0 Å². The van der Waals surface area contributed by atoms with Gasteiger partial charge in [-0.25, -0.2) is 0 Å². The first-order valence-electron chi connectivity index (χ1n) is 3.62. The summed E-state index contributed by atoms with van der Waals surface area (Å²) in [4.78, 5) is 10.4. The van der Waals surface area contributed by atoms with Crippen molar-refractivity contribution in [3.8, 4) is 0 Å². The molecule has 1 saturated carbocycles. The van der Waals surface area contributed by atoms with Crippen molar-refractivity contribution in [2.24, 2.45) is 5.92 Å². The molecule has 3 nitrogen and oxygen atoms in total. The van der Waals surface area contributed by atoms with E-state index in [9.17, 15) is 4.79 Å². The predicted molar refractivity (Wildman–Crippen MR) is 35.6 cm³/mol. The lowest BCUT2D eigenvalue weighted by Crippen LogP contribution is -2.30. The lowest BCUT2D eigenvalue weighted by Gasteiger charge is -2.23. The Morgan fingerprint density at radius 2 is 1.90 bits per heavy atom. The van der Waals surface area contributed by atoms with Gasteiger partial charge in [-0.2, -0.15) is 0 Å². The molecule has 0 aromatic carbocycles. The van der Waals surface area contributed by atoms with Gasteiger partial charge in [0.15, 0.2) is 0 Å². The first kappa shape index (κ1) is 7.54. The van der Waals surface area contributed by atoms with Crippen molar-refractivity contribution in [1.29, 1.82) is 0 Å². The van der Waals surface area contributed by atoms with Crippen LogP contribution in [0.25, 0.3) is 0 Å². The highest BCUT2D eigenvalue weighted by Gasteiger charge is 2.28. The number of hydrogen-bond acceptors (Lipinski definition) is 2. The van der Waals surface area contributed by atoms with Crippen LogP contribution in [0.1, 0.15) is 25.7 Å². The Bertz CT molecular complexity index is 133. The normalized spacial score (nSPS) is 33.7. The van der Waals surface area contributed by atoms with Gasteiger partial charge in [-0.3, -0.25) is 4.79 Å². The fourth-order valence-electron chi connectivity index (χ4n) is 1.40. The van der Waals surface area contributed by atoms with Gasteiger partial charge in [-0.05, 0) is 12.8 Å². The summed E-state index contributed by atoms with van der Waals surface area (Å²) in [7, 11) is 0. The quantitative estimate of drug-likeness (QED) is 0.567. The monoisotopic (exact) mass is 144 g/mol. The van der Waals surface area contributed by atoms with Crippen molar-refractivity contribution < 1.29 is 15.0 Å². The summed E-state index contributed by atoms with van der Waals surface area (Å²) >= 11 is 0. The Balaban J connectivity index is 2.47. The molecular weight excluding hydrogens is 132 g/mol. The van der Waals surface area contributed by atoms with Gasteiger partial charge in [0, 0.05) is 0 Å². The highest BCUT2D eigenvalue weighted by atomic mass is 16.4. The van der Waals surface area contributed by atoms with Gasteiger partial charge in [-0.1, -0.05) is 12.8 Å². The number of carboxylic acids is 1. The Morgan fingerprint density at radius 3 is 2.30 bits per heavy atom. The molecule has 0 bridgehead atoms. The van der Waals surface area contributed by atoms with Crippen molar-refractivity contribution >= 4 is 5.97 Å². The number of rotatable bonds is 1. The van der Waals surface area contributed by atoms with Gasteiger partial charge in [0.2, 0.25) is 0 Å². The molecule has 1 aliphatic carbocycles. The second-order valence-corrected chi connectivity index (χ2v) is 2.80. The third-order valence-electron chi connectivity index (χ3n) is 2.05. The summed E-state index contributed by atoms with van der Waals surface area (Å²) < 4.78 is 0. The maximum absolute atomic E-state index is 10.4. The van der Waals surface area contributed by atoms with E-state index in [-0.39, 0.29) is 0 Å². The molecule has 0 radical (unpaired) electrons. The van der Waals surface area contributed by atoms with E-state index in [0.29, 0.717) is 12.8 Å². The number of aliphatic hydroxyl groups is 1. The number of hydrogen-bond donors (Lipinski definition) is 2. The fourth-order valence-corrected chi connectivity index (χ4v) is 1.40. The van der Waals surface area contributed by atoms with Crippen molar-refractivity contribution in [3.05, 3.63) is 0 Å². The molecule has 1 aliphatic rings. The van der Waals surface area contributed by atoms with E-state index in [2.05, 4.69) is 0 Å². The van der Waals surface area contributed by atoms with Crippen molar-refractivity contribution in [3.63, 3.8) is 0 Å². The molecule has 1 fully saturated rings. The Morgan fingerprint density at radius 1 is 1.30 bits per heavy atom. The lowest BCUT2D eigenvalue weighted by atomic mass is 9.87. The third-order valence-corrected chi connectivity index (χ3v) is 2.05. The molecular formula is C7H12O3. The standard InChI is InChI=1S/C7H12O3/c8-6-4-2-1-3-5(6)7(9)10/h5-6,8H,1-4H2,(H,9,10)/t5-,6?/m1/s1. The predicted octanol–water partition coefficient (Wildman–Crippen LogP) is 0.622. The van der Waals surface area contributed by atoms with Gasteiger partial charge in [0.25, 0.3) is 0 Å². The smallest absolute Gasteiger partial charge is 0.309 e. The SMILES string of the molecule is O=C(O)[C@@H]1CCCCC1O. The largest absolute Gasteiger partial charge is 0.481 e. The zero-order valence-corrected chi connectivity index (χ0v) is 5.79. The van der Waals surface area contributed by atoms with Crippen molar-refractivity contribution in [2.75, 3.05) is 0 Å². The van der Waals surface area contributed by atoms with E-state index in [0.717, 1.165) is 12.8 Å².